The Morgan fingerprint density at radius 2 is 1.64 bits per heavy atom. The van der Waals surface area contributed by atoms with E-state index in [0.717, 1.165) is 11.1 Å². The van der Waals surface area contributed by atoms with Gasteiger partial charge < -0.3 is 15.5 Å². The van der Waals surface area contributed by atoms with Crippen LogP contribution >= 0.6 is 0 Å². The quantitative estimate of drug-likeness (QED) is 0.810. The Kier molecular flexibility index (Phi) is 4.28. The average Bonchev–Trinajstić information content (AvgIpc) is 2.47. The molecule has 0 aliphatic carbocycles. The second-order valence-corrected chi connectivity index (χ2v) is 5.18. The molecule has 0 heterocycles. The summed E-state index contributed by atoms with van der Waals surface area (Å²) in [6.45, 7) is 2.67. The number of rotatable bonds is 4. The highest BCUT2D eigenvalue weighted by atomic mass is 16.4. The molecule has 2 aromatic rings. The lowest BCUT2D eigenvalue weighted by molar-refractivity contribution is -0.157. The third kappa shape index (κ3) is 3.15. The Labute approximate surface area is 128 Å². The molecule has 2 aromatic carbocycles. The second kappa shape index (κ2) is 5.99. The second-order valence-electron chi connectivity index (χ2n) is 5.18. The van der Waals surface area contributed by atoms with E-state index in [2.05, 4.69) is 5.32 Å². The van der Waals surface area contributed by atoms with Crippen molar-refractivity contribution in [2.75, 3.05) is 5.32 Å². The molecule has 1 amide bonds. The van der Waals surface area contributed by atoms with Gasteiger partial charge in [-0.2, -0.15) is 0 Å². The van der Waals surface area contributed by atoms with E-state index < -0.39 is 11.6 Å². The van der Waals surface area contributed by atoms with Gasteiger partial charge in [0.25, 0.3) is 0 Å². The molecule has 0 aliphatic rings. The summed E-state index contributed by atoms with van der Waals surface area (Å²) in [6.07, 6.45) is 0. The molecule has 0 saturated heterocycles. The van der Waals surface area contributed by atoms with Crippen LogP contribution < -0.4 is 5.32 Å². The van der Waals surface area contributed by atoms with Gasteiger partial charge in [-0.1, -0.05) is 42.5 Å². The van der Waals surface area contributed by atoms with Gasteiger partial charge in [0.15, 0.2) is 5.60 Å². The van der Waals surface area contributed by atoms with Crippen molar-refractivity contribution in [2.24, 2.45) is 0 Å². The van der Waals surface area contributed by atoms with E-state index in [1.54, 1.807) is 30.3 Å². The number of carbonyl (C=O) groups is 2. The summed E-state index contributed by atoms with van der Waals surface area (Å²) in [5.41, 5.74) is 0.664. The van der Waals surface area contributed by atoms with Gasteiger partial charge in [-0.05, 0) is 24.1 Å². The number of carboxylic acids is 1. The zero-order chi connectivity index (χ0) is 16.3. The highest BCUT2D eigenvalue weighted by molar-refractivity contribution is 5.94. The molecular formula is C17H17NO4. The zero-order valence-corrected chi connectivity index (χ0v) is 12.3. The van der Waals surface area contributed by atoms with Gasteiger partial charge in [0.05, 0.1) is 0 Å². The van der Waals surface area contributed by atoms with Gasteiger partial charge in [-0.3, -0.25) is 4.79 Å². The fraction of sp³-hybridized carbons (Fsp3) is 0.176. The van der Waals surface area contributed by atoms with Crippen molar-refractivity contribution >= 4 is 17.6 Å². The molecule has 0 aliphatic heterocycles. The number of hydrogen-bond acceptors (Lipinski definition) is 3. The first-order chi connectivity index (χ1) is 10.3. The van der Waals surface area contributed by atoms with Crippen molar-refractivity contribution in [1.82, 2.24) is 0 Å². The Hall–Kier alpha value is -2.66. The molecular weight excluding hydrogens is 282 g/mol. The van der Waals surface area contributed by atoms with Crippen LogP contribution in [0.5, 0.6) is 0 Å². The minimum absolute atomic E-state index is 0.169. The lowest BCUT2D eigenvalue weighted by Gasteiger charge is -2.19. The topological polar surface area (TPSA) is 86.6 Å². The molecule has 0 bridgehead atoms. The van der Waals surface area contributed by atoms with Gasteiger partial charge >= 0.3 is 5.97 Å². The summed E-state index contributed by atoms with van der Waals surface area (Å²) in [7, 11) is 0. The predicted octanol–water partition coefficient (Wildman–Crippen LogP) is 2.60. The van der Waals surface area contributed by atoms with E-state index in [-0.39, 0.29) is 5.91 Å². The Morgan fingerprint density at radius 3 is 2.18 bits per heavy atom. The van der Waals surface area contributed by atoms with Crippen LogP contribution in [-0.2, 0) is 15.2 Å². The lowest BCUT2D eigenvalue weighted by Crippen LogP contribution is -2.31. The predicted molar refractivity (Wildman–Crippen MR) is 83.4 cm³/mol. The molecule has 5 nitrogen and oxygen atoms in total. The third-order valence-electron chi connectivity index (χ3n) is 3.41. The van der Waals surface area contributed by atoms with Crippen LogP contribution in [-0.4, -0.2) is 22.1 Å². The number of hydrogen-bond donors (Lipinski definition) is 3. The number of aliphatic hydroxyl groups is 1. The standard InChI is InChI=1S/C17H17NO4/c1-11(19)18-15-6-4-3-5-14(15)12-7-9-13(10-8-12)17(2,22)16(20)21/h3-10,22H,1-2H3,(H,18,19)(H,20,21). The first kappa shape index (κ1) is 15.7. The van der Waals surface area contributed by atoms with Crippen LogP contribution in [0.2, 0.25) is 0 Å². The van der Waals surface area contributed by atoms with E-state index in [4.69, 9.17) is 5.11 Å². The number of anilines is 1. The van der Waals surface area contributed by atoms with Gasteiger partial charge in [-0.15, -0.1) is 0 Å². The van der Waals surface area contributed by atoms with Crippen molar-refractivity contribution in [2.45, 2.75) is 19.4 Å². The number of carbonyl (C=O) groups excluding carboxylic acids is 1. The number of amides is 1. The van der Waals surface area contributed by atoms with Gasteiger partial charge in [0.2, 0.25) is 5.91 Å². The largest absolute Gasteiger partial charge is 0.479 e. The minimum Gasteiger partial charge on any atom is -0.479 e. The highest BCUT2D eigenvalue weighted by Gasteiger charge is 2.31. The van der Waals surface area contributed by atoms with Crippen molar-refractivity contribution in [3.63, 3.8) is 0 Å². The van der Waals surface area contributed by atoms with E-state index >= 15 is 0 Å². The van der Waals surface area contributed by atoms with Crippen molar-refractivity contribution in [3.05, 3.63) is 54.1 Å². The van der Waals surface area contributed by atoms with Crippen LogP contribution in [0.15, 0.2) is 48.5 Å². The molecule has 0 radical (unpaired) electrons. The molecule has 1 unspecified atom stereocenters. The first-order valence-electron chi connectivity index (χ1n) is 6.75. The number of nitrogens with one attached hydrogen (secondary N) is 1. The summed E-state index contributed by atoms with van der Waals surface area (Å²) in [6, 6.07) is 13.9. The van der Waals surface area contributed by atoms with E-state index in [1.165, 1.54) is 13.8 Å². The average molecular weight is 299 g/mol. The van der Waals surface area contributed by atoms with Crippen LogP contribution in [0.3, 0.4) is 0 Å². The number of benzene rings is 2. The van der Waals surface area contributed by atoms with Crippen LogP contribution in [0.4, 0.5) is 5.69 Å². The monoisotopic (exact) mass is 299 g/mol. The fourth-order valence-electron chi connectivity index (χ4n) is 2.13. The normalized spacial score (nSPS) is 13.2. The van der Waals surface area contributed by atoms with Gasteiger partial charge in [-0.25, -0.2) is 4.79 Å². The van der Waals surface area contributed by atoms with E-state index in [1.807, 2.05) is 18.2 Å². The zero-order valence-electron chi connectivity index (χ0n) is 12.3. The number of carboxylic acid groups (broad SMARTS) is 1. The van der Waals surface area contributed by atoms with Crippen molar-refractivity contribution < 1.29 is 19.8 Å². The SMILES string of the molecule is CC(=O)Nc1ccccc1-c1ccc(C(C)(O)C(=O)O)cc1. The molecule has 0 spiro atoms. The fourth-order valence-corrected chi connectivity index (χ4v) is 2.13. The van der Waals surface area contributed by atoms with Crippen LogP contribution in [0.25, 0.3) is 11.1 Å². The van der Waals surface area contributed by atoms with Crippen LogP contribution in [0.1, 0.15) is 19.4 Å². The summed E-state index contributed by atoms with van der Waals surface area (Å²) >= 11 is 0. The maximum absolute atomic E-state index is 11.2. The van der Waals surface area contributed by atoms with E-state index in [0.29, 0.717) is 11.3 Å². The number of aliphatic carboxylic acids is 1. The van der Waals surface area contributed by atoms with Gasteiger partial charge in [0, 0.05) is 18.2 Å². The third-order valence-corrected chi connectivity index (χ3v) is 3.41. The molecule has 3 N–H and O–H groups in total. The first-order valence-corrected chi connectivity index (χ1v) is 6.75. The highest BCUT2D eigenvalue weighted by Crippen LogP contribution is 2.30. The summed E-state index contributed by atoms with van der Waals surface area (Å²) in [5.74, 6) is -1.48. The summed E-state index contributed by atoms with van der Waals surface area (Å²) in [4.78, 5) is 22.3. The Balaban J connectivity index is 2.40. The van der Waals surface area contributed by atoms with Crippen LogP contribution in [0, 0.1) is 0 Å². The summed E-state index contributed by atoms with van der Waals surface area (Å²) in [5, 5.41) is 21.7. The molecule has 5 heteroatoms. The Bertz CT molecular complexity index is 705. The maximum atomic E-state index is 11.2. The minimum atomic E-state index is -1.93. The molecule has 0 aromatic heterocycles. The number of para-hydroxylation sites is 1. The molecule has 114 valence electrons. The smallest absolute Gasteiger partial charge is 0.340 e. The molecule has 1 atom stereocenters. The summed E-state index contributed by atoms with van der Waals surface area (Å²) < 4.78 is 0. The molecule has 0 fully saturated rings. The lowest BCUT2D eigenvalue weighted by atomic mass is 9.93. The molecule has 2 rings (SSSR count). The van der Waals surface area contributed by atoms with Gasteiger partial charge in [0.1, 0.15) is 0 Å². The maximum Gasteiger partial charge on any atom is 0.340 e. The van der Waals surface area contributed by atoms with Crippen molar-refractivity contribution in [3.8, 4) is 11.1 Å². The molecule has 0 saturated carbocycles. The van der Waals surface area contributed by atoms with Crippen molar-refractivity contribution in [1.29, 1.82) is 0 Å². The molecule has 22 heavy (non-hydrogen) atoms. The van der Waals surface area contributed by atoms with E-state index in [9.17, 15) is 14.7 Å². The Morgan fingerprint density at radius 1 is 1.05 bits per heavy atom.